The fraction of sp³-hybridized carbons (Fsp3) is 0.519. The van der Waals surface area contributed by atoms with Crippen LogP contribution in [0.1, 0.15) is 51.8 Å². The topological polar surface area (TPSA) is 28.6 Å². The van der Waals surface area contributed by atoms with Crippen LogP contribution in [0.2, 0.25) is 23.3 Å². The summed E-state index contributed by atoms with van der Waals surface area (Å²) in [6.07, 6.45) is 3.92. The van der Waals surface area contributed by atoms with Gasteiger partial charge in [-0.1, -0.05) is 56.6 Å². The summed E-state index contributed by atoms with van der Waals surface area (Å²) in [7, 11) is -1.93. The van der Waals surface area contributed by atoms with Crippen LogP contribution in [0.15, 0.2) is 55.3 Å². The van der Waals surface area contributed by atoms with E-state index in [1.807, 2.05) is 18.3 Å². The first-order valence-corrected chi connectivity index (χ1v) is 15.2. The number of piperazine rings is 1. The molecule has 0 N–H and O–H groups in total. The average Bonchev–Trinajstić information content (AvgIpc) is 2.72. The van der Waals surface area contributed by atoms with Gasteiger partial charge in [-0.2, -0.15) is 0 Å². The van der Waals surface area contributed by atoms with Crippen molar-refractivity contribution >= 4 is 19.9 Å². The highest BCUT2D eigenvalue weighted by molar-refractivity contribution is 6.74. The van der Waals surface area contributed by atoms with Gasteiger partial charge in [0.05, 0.1) is 6.04 Å². The number of benzene rings is 1. The van der Waals surface area contributed by atoms with E-state index in [4.69, 9.17) is 16.0 Å². The fourth-order valence-corrected chi connectivity index (χ4v) is 5.46. The summed E-state index contributed by atoms with van der Waals surface area (Å²) >= 11 is 6.14. The maximum Gasteiger partial charge on any atom is 0.250 e. The minimum absolute atomic E-state index is 0.0843. The summed E-state index contributed by atoms with van der Waals surface area (Å²) in [5.41, 5.74) is 2.38. The Labute approximate surface area is 206 Å². The zero-order valence-corrected chi connectivity index (χ0v) is 23.1. The number of hydrogen-bond donors (Lipinski definition) is 0. The van der Waals surface area contributed by atoms with Crippen molar-refractivity contribution in [2.45, 2.75) is 70.9 Å². The highest BCUT2D eigenvalue weighted by atomic mass is 35.5. The van der Waals surface area contributed by atoms with Crippen LogP contribution in [0.25, 0.3) is 0 Å². The summed E-state index contributed by atoms with van der Waals surface area (Å²) in [5.74, 6) is 0.956. The van der Waals surface area contributed by atoms with Crippen molar-refractivity contribution in [1.29, 1.82) is 0 Å². The maximum atomic E-state index is 6.66. The van der Waals surface area contributed by atoms with Gasteiger partial charge in [0.1, 0.15) is 10.9 Å². The van der Waals surface area contributed by atoms with E-state index in [0.29, 0.717) is 17.2 Å². The molecule has 180 valence electrons. The number of halogens is 1. The molecule has 33 heavy (non-hydrogen) atoms. The Kier molecular flexibility index (Phi) is 8.10. The normalized spacial score (nSPS) is 21.6. The van der Waals surface area contributed by atoms with Gasteiger partial charge < -0.3 is 4.43 Å². The highest BCUT2D eigenvalue weighted by Crippen LogP contribution is 2.39. The van der Waals surface area contributed by atoms with E-state index >= 15 is 0 Å². The van der Waals surface area contributed by atoms with Crippen LogP contribution >= 0.6 is 11.6 Å². The second-order valence-electron chi connectivity index (χ2n) is 10.9. The third-order valence-corrected chi connectivity index (χ3v) is 11.9. The Morgan fingerprint density at radius 3 is 2.48 bits per heavy atom. The molecule has 2 heterocycles. The predicted molar refractivity (Wildman–Crippen MR) is 143 cm³/mol. The molecule has 0 saturated carbocycles. The molecule has 0 unspecified atom stereocenters. The van der Waals surface area contributed by atoms with Gasteiger partial charge in [0.2, 0.25) is 8.32 Å². The Bertz CT molecular complexity index is 941. The molecule has 0 bridgehead atoms. The van der Waals surface area contributed by atoms with Crippen LogP contribution in [-0.2, 0) is 0 Å². The monoisotopic (exact) mass is 485 g/mol. The molecule has 4 nitrogen and oxygen atoms in total. The van der Waals surface area contributed by atoms with Crippen molar-refractivity contribution < 1.29 is 4.43 Å². The van der Waals surface area contributed by atoms with E-state index in [2.05, 4.69) is 99.4 Å². The van der Waals surface area contributed by atoms with Crippen molar-refractivity contribution in [2.24, 2.45) is 0 Å². The van der Waals surface area contributed by atoms with Crippen LogP contribution in [-0.4, -0.2) is 54.8 Å². The van der Waals surface area contributed by atoms with Gasteiger partial charge in [-0.3, -0.25) is 9.80 Å². The second kappa shape index (κ2) is 10.3. The van der Waals surface area contributed by atoms with Gasteiger partial charge in [-0.25, -0.2) is 4.98 Å². The summed E-state index contributed by atoms with van der Waals surface area (Å²) in [5, 5.41) is 0.665. The highest BCUT2D eigenvalue weighted by Gasteiger charge is 2.39. The molecule has 1 fully saturated rings. The molecule has 3 atom stereocenters. The standard InChI is InChI=1S/C27H40ClN3OSi/c1-9-15-30-18-21(3)31(19-20(30)2)26(23-13-14-25(28)29-17-23)22-11-10-12-24(16-22)32-33(7,8)27(4,5)6/h9-14,16-17,20-21,26H,1,15,18-19H2,2-8H3/t20-,21+,26-/m1/s1. The van der Waals surface area contributed by atoms with E-state index in [0.717, 1.165) is 30.9 Å². The van der Waals surface area contributed by atoms with E-state index in [9.17, 15) is 0 Å². The molecule has 3 rings (SSSR count). The molecule has 2 aromatic rings. The largest absolute Gasteiger partial charge is 0.543 e. The molecular formula is C27H40ClN3OSi. The number of nitrogens with zero attached hydrogens (tertiary/aromatic N) is 3. The van der Waals surface area contributed by atoms with Crippen molar-refractivity contribution in [2.75, 3.05) is 19.6 Å². The number of pyridine rings is 1. The third kappa shape index (κ3) is 6.07. The van der Waals surface area contributed by atoms with E-state index < -0.39 is 8.32 Å². The lowest BCUT2D eigenvalue weighted by atomic mass is 9.94. The lowest BCUT2D eigenvalue weighted by Crippen LogP contribution is -2.57. The summed E-state index contributed by atoms with van der Waals surface area (Å²) in [6.45, 7) is 22.9. The number of hydrogen-bond acceptors (Lipinski definition) is 4. The Morgan fingerprint density at radius 2 is 1.88 bits per heavy atom. The Balaban J connectivity index is 1.99. The van der Waals surface area contributed by atoms with Gasteiger partial charge in [-0.05, 0) is 61.3 Å². The smallest absolute Gasteiger partial charge is 0.250 e. The van der Waals surface area contributed by atoms with E-state index in [1.165, 1.54) is 5.56 Å². The van der Waals surface area contributed by atoms with E-state index in [-0.39, 0.29) is 11.1 Å². The molecule has 1 aliphatic rings. The summed E-state index contributed by atoms with van der Waals surface area (Å²) in [6, 6.07) is 13.6. The van der Waals surface area contributed by atoms with Crippen molar-refractivity contribution in [3.8, 4) is 5.75 Å². The zero-order valence-electron chi connectivity index (χ0n) is 21.3. The molecule has 6 heteroatoms. The Morgan fingerprint density at radius 1 is 1.15 bits per heavy atom. The molecular weight excluding hydrogens is 446 g/mol. The summed E-state index contributed by atoms with van der Waals surface area (Å²) < 4.78 is 6.66. The molecule has 0 spiro atoms. The summed E-state index contributed by atoms with van der Waals surface area (Å²) in [4.78, 5) is 9.51. The number of aromatic nitrogens is 1. The quantitative estimate of drug-likeness (QED) is 0.245. The first-order chi connectivity index (χ1) is 15.4. The molecule has 1 aliphatic heterocycles. The average molecular weight is 486 g/mol. The van der Waals surface area contributed by atoms with Gasteiger partial charge in [-0.15, -0.1) is 6.58 Å². The SMILES string of the molecule is C=CCN1C[C@H](C)N([C@@H](c2ccc(Cl)nc2)c2cccc(O[Si](C)(C)C(C)(C)C)c2)C[C@H]1C. The van der Waals surface area contributed by atoms with E-state index in [1.54, 1.807) is 0 Å². The third-order valence-electron chi connectivity index (χ3n) is 7.28. The van der Waals surface area contributed by atoms with Crippen LogP contribution < -0.4 is 4.43 Å². The van der Waals surface area contributed by atoms with Crippen molar-refractivity contribution in [3.05, 3.63) is 71.5 Å². The fourth-order valence-electron chi connectivity index (χ4n) is 4.33. The first kappa shape index (κ1) is 26.0. The zero-order chi connectivity index (χ0) is 24.4. The van der Waals surface area contributed by atoms with Gasteiger partial charge in [0.15, 0.2) is 0 Å². The minimum Gasteiger partial charge on any atom is -0.543 e. The van der Waals surface area contributed by atoms with Crippen LogP contribution in [0.4, 0.5) is 0 Å². The number of rotatable bonds is 7. The maximum absolute atomic E-state index is 6.66. The minimum atomic E-state index is -1.93. The first-order valence-electron chi connectivity index (χ1n) is 11.9. The molecule has 1 aromatic carbocycles. The van der Waals surface area contributed by atoms with Gasteiger partial charge in [0.25, 0.3) is 0 Å². The molecule has 0 radical (unpaired) electrons. The van der Waals surface area contributed by atoms with Gasteiger partial charge in [0, 0.05) is 37.9 Å². The molecule has 1 aromatic heterocycles. The van der Waals surface area contributed by atoms with Crippen LogP contribution in [0.5, 0.6) is 5.75 Å². The van der Waals surface area contributed by atoms with Crippen molar-refractivity contribution in [1.82, 2.24) is 14.8 Å². The molecule has 0 aliphatic carbocycles. The lowest BCUT2D eigenvalue weighted by molar-refractivity contribution is 0.0305. The molecule has 1 saturated heterocycles. The van der Waals surface area contributed by atoms with Crippen molar-refractivity contribution in [3.63, 3.8) is 0 Å². The predicted octanol–water partition coefficient (Wildman–Crippen LogP) is 6.79. The Hall–Kier alpha value is -1.66. The van der Waals surface area contributed by atoms with Crippen LogP contribution in [0, 0.1) is 0 Å². The molecule has 0 amide bonds. The second-order valence-corrected chi connectivity index (χ2v) is 16.0. The van der Waals surface area contributed by atoms with Gasteiger partial charge >= 0.3 is 0 Å². The lowest BCUT2D eigenvalue weighted by Gasteiger charge is -2.47. The van der Waals surface area contributed by atoms with Crippen LogP contribution in [0.3, 0.4) is 0 Å².